The first kappa shape index (κ1) is 20.5. The number of aromatic nitrogens is 1. The van der Waals surface area contributed by atoms with Gasteiger partial charge in [-0.25, -0.2) is 13.4 Å². The van der Waals surface area contributed by atoms with E-state index in [9.17, 15) is 13.2 Å². The van der Waals surface area contributed by atoms with Gasteiger partial charge in [-0.1, -0.05) is 17.7 Å². The molecule has 0 aliphatic carbocycles. The van der Waals surface area contributed by atoms with E-state index >= 15 is 0 Å². The van der Waals surface area contributed by atoms with Gasteiger partial charge in [-0.05, 0) is 60.0 Å². The molecule has 0 aliphatic rings. The number of hydrogen-bond donors (Lipinski definition) is 2. The van der Waals surface area contributed by atoms with Crippen molar-refractivity contribution in [1.29, 1.82) is 0 Å². The molecule has 0 atom stereocenters. The zero-order chi connectivity index (χ0) is 21.1. The molecule has 0 saturated heterocycles. The third-order valence-electron chi connectivity index (χ3n) is 4.02. The number of thiazole rings is 1. The molecule has 4 rings (SSSR count). The van der Waals surface area contributed by atoms with Gasteiger partial charge in [0.15, 0.2) is 5.13 Å². The lowest BCUT2D eigenvalue weighted by Gasteiger charge is -2.09. The maximum atomic E-state index is 12.5. The van der Waals surface area contributed by atoms with Crippen LogP contribution >= 0.6 is 34.3 Å². The fraction of sp³-hybridized carbons (Fsp3) is 0. The van der Waals surface area contributed by atoms with Crippen LogP contribution in [0.2, 0.25) is 5.02 Å². The molecule has 2 heterocycles. The molecule has 10 heteroatoms. The highest BCUT2D eigenvalue weighted by atomic mass is 35.5. The summed E-state index contributed by atoms with van der Waals surface area (Å²) in [5.41, 5.74) is 1.55. The first-order valence-corrected chi connectivity index (χ1v) is 12.2. The van der Waals surface area contributed by atoms with Crippen LogP contribution in [-0.2, 0) is 10.0 Å². The summed E-state index contributed by atoms with van der Waals surface area (Å²) < 4.78 is 27.3. The number of benzene rings is 2. The summed E-state index contributed by atoms with van der Waals surface area (Å²) in [6.45, 7) is 0. The Balaban J connectivity index is 1.43. The van der Waals surface area contributed by atoms with Gasteiger partial charge in [0.25, 0.3) is 15.9 Å². The van der Waals surface area contributed by atoms with Gasteiger partial charge >= 0.3 is 0 Å². The minimum Gasteiger partial charge on any atom is -0.298 e. The van der Waals surface area contributed by atoms with Gasteiger partial charge in [0.05, 0.1) is 15.5 Å². The van der Waals surface area contributed by atoms with E-state index in [0.29, 0.717) is 21.4 Å². The molecule has 4 aromatic rings. The minimum atomic E-state index is -3.75. The van der Waals surface area contributed by atoms with E-state index in [1.165, 1.54) is 47.7 Å². The highest BCUT2D eigenvalue weighted by Crippen LogP contribution is 2.28. The largest absolute Gasteiger partial charge is 0.298 e. The fourth-order valence-electron chi connectivity index (χ4n) is 2.56. The second-order valence-corrected chi connectivity index (χ2v) is 10.0. The average molecular weight is 476 g/mol. The Hall–Kier alpha value is -2.72. The number of carbonyl (C=O) groups excluding carboxylic acids is 1. The average Bonchev–Trinajstić information content (AvgIpc) is 3.40. The topological polar surface area (TPSA) is 88.2 Å². The maximum absolute atomic E-state index is 12.5. The molecule has 6 nitrogen and oxygen atoms in total. The Kier molecular flexibility index (Phi) is 5.87. The minimum absolute atomic E-state index is 0.0963. The zero-order valence-electron chi connectivity index (χ0n) is 15.2. The molecule has 0 radical (unpaired) electrons. The first-order chi connectivity index (χ1) is 14.4. The molecule has 2 aromatic carbocycles. The highest BCUT2D eigenvalue weighted by molar-refractivity contribution is 7.92. The second kappa shape index (κ2) is 8.57. The number of thiophene rings is 1. The van der Waals surface area contributed by atoms with Crippen LogP contribution in [0.4, 0.5) is 10.8 Å². The van der Waals surface area contributed by atoms with Crippen molar-refractivity contribution in [2.24, 2.45) is 0 Å². The summed E-state index contributed by atoms with van der Waals surface area (Å²) in [7, 11) is -3.75. The highest BCUT2D eigenvalue weighted by Gasteiger charge is 2.15. The van der Waals surface area contributed by atoms with Crippen LogP contribution in [-0.4, -0.2) is 19.3 Å². The normalized spacial score (nSPS) is 11.2. The van der Waals surface area contributed by atoms with Gasteiger partial charge in [-0.2, -0.15) is 0 Å². The Bertz CT molecular complexity index is 1270. The summed E-state index contributed by atoms with van der Waals surface area (Å²) in [6.07, 6.45) is 0. The third kappa shape index (κ3) is 4.71. The fourth-order valence-corrected chi connectivity index (χ4v) is 5.21. The number of rotatable bonds is 6. The smallest absolute Gasteiger partial charge is 0.261 e. The number of halogens is 1. The third-order valence-corrected chi connectivity index (χ3v) is 7.32. The van der Waals surface area contributed by atoms with Gasteiger partial charge in [0, 0.05) is 21.7 Å². The molecule has 30 heavy (non-hydrogen) atoms. The standard InChI is InChI=1S/C20H14ClN3O3S3/c21-14-5-9-16(10-6-14)30(26,27)24-15-7-3-13(4-8-15)19(25)23-20-22-17(12-29-20)18-2-1-11-28-18/h1-12,24H,(H,22,23,25). The molecule has 1 amide bonds. The number of hydrogen-bond acceptors (Lipinski definition) is 6. The number of carbonyl (C=O) groups is 1. The van der Waals surface area contributed by atoms with E-state index in [0.717, 1.165) is 10.6 Å². The maximum Gasteiger partial charge on any atom is 0.261 e. The molecule has 2 aromatic heterocycles. The van der Waals surface area contributed by atoms with E-state index in [1.807, 2.05) is 22.9 Å². The van der Waals surface area contributed by atoms with Crippen LogP contribution in [0.25, 0.3) is 10.6 Å². The quantitative estimate of drug-likeness (QED) is 0.381. The Labute approximate surface area is 186 Å². The van der Waals surface area contributed by atoms with Crippen LogP contribution in [0, 0.1) is 0 Å². The van der Waals surface area contributed by atoms with Crippen molar-refractivity contribution in [3.05, 3.63) is 82.0 Å². The van der Waals surface area contributed by atoms with Gasteiger partial charge in [0.1, 0.15) is 0 Å². The van der Waals surface area contributed by atoms with E-state index < -0.39 is 10.0 Å². The lowest BCUT2D eigenvalue weighted by molar-refractivity contribution is 0.102. The molecule has 0 fully saturated rings. The number of amides is 1. The van der Waals surface area contributed by atoms with Crippen LogP contribution < -0.4 is 10.0 Å². The molecule has 0 unspecified atom stereocenters. The Morgan fingerprint density at radius 3 is 2.37 bits per heavy atom. The second-order valence-electron chi connectivity index (χ2n) is 6.11. The van der Waals surface area contributed by atoms with Crippen LogP contribution in [0.3, 0.4) is 0 Å². The first-order valence-electron chi connectivity index (χ1n) is 8.60. The summed E-state index contributed by atoms with van der Waals surface area (Å²) in [6, 6.07) is 15.9. The molecular formula is C20H14ClN3O3S3. The predicted molar refractivity (Wildman–Crippen MR) is 122 cm³/mol. The van der Waals surface area contributed by atoms with Crippen LogP contribution in [0.1, 0.15) is 10.4 Å². The van der Waals surface area contributed by atoms with Gasteiger partial charge in [-0.15, -0.1) is 22.7 Å². The molecule has 2 N–H and O–H groups in total. The number of sulfonamides is 1. The van der Waals surface area contributed by atoms with Crippen molar-refractivity contribution in [1.82, 2.24) is 4.98 Å². The van der Waals surface area contributed by atoms with E-state index in [1.54, 1.807) is 23.5 Å². The summed E-state index contributed by atoms with van der Waals surface area (Å²) in [5, 5.41) is 7.56. The summed E-state index contributed by atoms with van der Waals surface area (Å²) in [5.74, 6) is -0.325. The molecular weight excluding hydrogens is 462 g/mol. The van der Waals surface area contributed by atoms with Gasteiger partial charge < -0.3 is 0 Å². The lowest BCUT2D eigenvalue weighted by Crippen LogP contribution is -2.14. The van der Waals surface area contributed by atoms with Crippen molar-refractivity contribution in [3.8, 4) is 10.6 Å². The van der Waals surface area contributed by atoms with Gasteiger partial charge in [0.2, 0.25) is 0 Å². The zero-order valence-corrected chi connectivity index (χ0v) is 18.4. The molecule has 0 bridgehead atoms. The Morgan fingerprint density at radius 1 is 0.967 bits per heavy atom. The molecule has 0 aliphatic heterocycles. The Morgan fingerprint density at radius 2 is 1.70 bits per heavy atom. The molecule has 0 spiro atoms. The van der Waals surface area contributed by atoms with E-state index in [2.05, 4.69) is 15.0 Å². The number of nitrogens with one attached hydrogen (secondary N) is 2. The number of anilines is 2. The SMILES string of the molecule is O=C(Nc1nc(-c2cccs2)cs1)c1ccc(NS(=O)(=O)c2ccc(Cl)cc2)cc1. The van der Waals surface area contributed by atoms with Crippen molar-refractivity contribution >= 4 is 61.0 Å². The van der Waals surface area contributed by atoms with E-state index in [4.69, 9.17) is 11.6 Å². The number of nitrogens with zero attached hydrogens (tertiary/aromatic N) is 1. The molecule has 152 valence electrons. The van der Waals surface area contributed by atoms with Crippen LogP contribution in [0.15, 0.2) is 76.3 Å². The lowest BCUT2D eigenvalue weighted by atomic mass is 10.2. The summed E-state index contributed by atoms with van der Waals surface area (Å²) >= 11 is 8.72. The van der Waals surface area contributed by atoms with E-state index in [-0.39, 0.29) is 10.8 Å². The monoisotopic (exact) mass is 475 g/mol. The summed E-state index contributed by atoms with van der Waals surface area (Å²) in [4.78, 5) is 18.0. The van der Waals surface area contributed by atoms with Gasteiger partial charge in [-0.3, -0.25) is 14.8 Å². The van der Waals surface area contributed by atoms with Crippen molar-refractivity contribution in [2.45, 2.75) is 4.90 Å². The van der Waals surface area contributed by atoms with Crippen molar-refractivity contribution in [3.63, 3.8) is 0 Å². The van der Waals surface area contributed by atoms with Crippen molar-refractivity contribution in [2.75, 3.05) is 10.0 Å². The van der Waals surface area contributed by atoms with Crippen LogP contribution in [0.5, 0.6) is 0 Å². The predicted octanol–water partition coefficient (Wildman–Crippen LogP) is 5.58. The van der Waals surface area contributed by atoms with Crippen molar-refractivity contribution < 1.29 is 13.2 Å². The molecule has 0 saturated carbocycles.